The molecule has 102 valence electrons. The summed E-state index contributed by atoms with van der Waals surface area (Å²) >= 11 is 0. The van der Waals surface area contributed by atoms with Crippen molar-refractivity contribution in [2.75, 3.05) is 6.54 Å². The third-order valence-corrected chi connectivity index (χ3v) is 5.28. The minimum absolute atomic E-state index is 0.674. The van der Waals surface area contributed by atoms with E-state index in [4.69, 9.17) is 0 Å². The molecule has 3 atom stereocenters. The highest BCUT2D eigenvalue weighted by Gasteiger charge is 2.56. The Morgan fingerprint density at radius 3 is 2.83 bits per heavy atom. The van der Waals surface area contributed by atoms with Crippen LogP contribution >= 0.6 is 0 Å². The Balaban J connectivity index is 1.50. The molecule has 0 N–H and O–H groups in total. The first kappa shape index (κ1) is 13.8. The van der Waals surface area contributed by atoms with Crippen LogP contribution in [0, 0.1) is 17.3 Å². The minimum Gasteiger partial charge on any atom is -0.211 e. The molecule has 3 unspecified atom stereocenters. The van der Waals surface area contributed by atoms with Crippen LogP contribution in [-0.2, 0) is 4.79 Å². The van der Waals surface area contributed by atoms with Gasteiger partial charge in [0.05, 0.1) is 6.54 Å². The van der Waals surface area contributed by atoms with Crippen molar-refractivity contribution in [3.05, 3.63) is 0 Å². The van der Waals surface area contributed by atoms with Crippen LogP contribution in [0.1, 0.15) is 71.1 Å². The second-order valence-corrected chi connectivity index (χ2v) is 6.53. The van der Waals surface area contributed by atoms with E-state index in [1.54, 1.807) is 6.08 Å². The van der Waals surface area contributed by atoms with Gasteiger partial charge in [-0.15, -0.1) is 0 Å². The SMILES string of the molecule is CC1CCCC2(CCCCCCCN=C=O)CC12. The molecule has 0 amide bonds. The third kappa shape index (κ3) is 3.45. The van der Waals surface area contributed by atoms with Gasteiger partial charge in [-0.25, -0.2) is 9.79 Å². The molecule has 0 radical (unpaired) electrons. The van der Waals surface area contributed by atoms with Crippen LogP contribution in [0.5, 0.6) is 0 Å². The first-order valence-corrected chi connectivity index (χ1v) is 7.82. The largest absolute Gasteiger partial charge is 0.234 e. The Morgan fingerprint density at radius 1 is 1.22 bits per heavy atom. The molecule has 2 saturated carbocycles. The Morgan fingerprint density at radius 2 is 2.00 bits per heavy atom. The second kappa shape index (κ2) is 6.52. The Bertz CT molecular complexity index is 308. The van der Waals surface area contributed by atoms with Gasteiger partial charge in [-0.2, -0.15) is 0 Å². The third-order valence-electron chi connectivity index (χ3n) is 5.28. The Labute approximate surface area is 111 Å². The van der Waals surface area contributed by atoms with E-state index < -0.39 is 0 Å². The van der Waals surface area contributed by atoms with Crippen molar-refractivity contribution in [1.82, 2.24) is 0 Å². The van der Waals surface area contributed by atoms with Crippen molar-refractivity contribution >= 4 is 6.08 Å². The predicted octanol–water partition coefficient (Wildman–Crippen LogP) is 4.49. The topological polar surface area (TPSA) is 29.4 Å². The number of carbonyl (C=O) groups excluding carboxylic acids is 1. The molecule has 0 saturated heterocycles. The Kier molecular flexibility index (Phi) is 5.00. The van der Waals surface area contributed by atoms with Gasteiger partial charge < -0.3 is 0 Å². The van der Waals surface area contributed by atoms with Crippen LogP contribution in [0.2, 0.25) is 0 Å². The highest BCUT2D eigenvalue weighted by molar-refractivity contribution is 5.32. The molecular formula is C16H27NO. The summed E-state index contributed by atoms with van der Waals surface area (Å²) in [5, 5.41) is 0. The maximum Gasteiger partial charge on any atom is 0.234 e. The molecule has 18 heavy (non-hydrogen) atoms. The molecule has 2 heteroatoms. The smallest absolute Gasteiger partial charge is 0.211 e. The second-order valence-electron chi connectivity index (χ2n) is 6.53. The number of rotatable bonds is 8. The van der Waals surface area contributed by atoms with Crippen LogP contribution < -0.4 is 0 Å². The molecule has 2 fully saturated rings. The van der Waals surface area contributed by atoms with Crippen molar-refractivity contribution in [3.63, 3.8) is 0 Å². The van der Waals surface area contributed by atoms with Crippen LogP contribution in [0.3, 0.4) is 0 Å². The fraction of sp³-hybridized carbons (Fsp3) is 0.938. The number of hydrogen-bond acceptors (Lipinski definition) is 2. The molecule has 0 aromatic heterocycles. The van der Waals surface area contributed by atoms with E-state index in [0.717, 1.165) is 23.7 Å². The number of aliphatic imine (C=N–C) groups is 1. The van der Waals surface area contributed by atoms with Gasteiger partial charge >= 0.3 is 0 Å². The molecule has 2 aliphatic carbocycles. The molecule has 2 rings (SSSR count). The molecule has 0 aromatic rings. The van der Waals surface area contributed by atoms with Gasteiger partial charge in [0.2, 0.25) is 6.08 Å². The monoisotopic (exact) mass is 249 g/mol. The molecule has 0 aromatic carbocycles. The van der Waals surface area contributed by atoms with Gasteiger partial charge in [0.15, 0.2) is 0 Å². The number of nitrogens with zero attached hydrogens (tertiary/aromatic N) is 1. The van der Waals surface area contributed by atoms with Gasteiger partial charge in [-0.1, -0.05) is 45.4 Å². The number of fused-ring (bicyclic) bond motifs is 1. The molecule has 0 bridgehead atoms. The zero-order chi connectivity index (χ0) is 12.8. The van der Waals surface area contributed by atoms with Gasteiger partial charge in [-0.3, -0.25) is 0 Å². The lowest BCUT2D eigenvalue weighted by Gasteiger charge is -2.26. The quantitative estimate of drug-likeness (QED) is 0.354. The maximum absolute atomic E-state index is 9.89. The van der Waals surface area contributed by atoms with Crippen LogP contribution in [0.4, 0.5) is 0 Å². The van der Waals surface area contributed by atoms with Gasteiger partial charge in [0, 0.05) is 0 Å². The lowest BCUT2D eigenvalue weighted by Crippen LogP contribution is -2.15. The average molecular weight is 249 g/mol. The maximum atomic E-state index is 9.89. The number of isocyanates is 1. The number of unbranched alkanes of at least 4 members (excludes halogenated alkanes) is 4. The zero-order valence-electron chi connectivity index (χ0n) is 11.8. The van der Waals surface area contributed by atoms with E-state index in [0.29, 0.717) is 6.54 Å². The highest BCUT2D eigenvalue weighted by Crippen LogP contribution is 2.65. The van der Waals surface area contributed by atoms with Crippen molar-refractivity contribution in [2.24, 2.45) is 22.2 Å². The lowest BCUT2D eigenvalue weighted by molar-refractivity contribution is 0.249. The first-order valence-electron chi connectivity index (χ1n) is 7.82. The summed E-state index contributed by atoms with van der Waals surface area (Å²) in [7, 11) is 0. The summed E-state index contributed by atoms with van der Waals surface area (Å²) in [4.78, 5) is 13.5. The predicted molar refractivity (Wildman–Crippen MR) is 74.2 cm³/mol. The van der Waals surface area contributed by atoms with E-state index in [9.17, 15) is 4.79 Å². The van der Waals surface area contributed by atoms with Gasteiger partial charge in [0.1, 0.15) is 0 Å². The van der Waals surface area contributed by atoms with E-state index in [1.807, 2.05) is 0 Å². The number of hydrogen-bond donors (Lipinski definition) is 0. The highest BCUT2D eigenvalue weighted by atomic mass is 16.1. The summed E-state index contributed by atoms with van der Waals surface area (Å²) in [5.41, 5.74) is 0.791. The van der Waals surface area contributed by atoms with Crippen molar-refractivity contribution in [2.45, 2.75) is 71.1 Å². The van der Waals surface area contributed by atoms with E-state index in [2.05, 4.69) is 11.9 Å². The van der Waals surface area contributed by atoms with E-state index in [1.165, 1.54) is 57.8 Å². The average Bonchev–Trinajstić information content (AvgIpc) is 3.09. The molecule has 0 spiro atoms. The minimum atomic E-state index is 0.674. The summed E-state index contributed by atoms with van der Waals surface area (Å²) in [6.45, 7) is 3.13. The summed E-state index contributed by atoms with van der Waals surface area (Å²) < 4.78 is 0. The van der Waals surface area contributed by atoms with E-state index >= 15 is 0 Å². The summed E-state index contributed by atoms with van der Waals surface area (Å²) in [6, 6.07) is 0. The van der Waals surface area contributed by atoms with Crippen LogP contribution in [0.25, 0.3) is 0 Å². The van der Waals surface area contributed by atoms with Gasteiger partial charge in [-0.05, 0) is 42.9 Å². The Hall–Kier alpha value is -0.620. The van der Waals surface area contributed by atoms with E-state index in [-0.39, 0.29) is 0 Å². The van der Waals surface area contributed by atoms with Crippen molar-refractivity contribution in [1.29, 1.82) is 0 Å². The first-order chi connectivity index (χ1) is 8.78. The molecule has 2 aliphatic rings. The lowest BCUT2D eigenvalue weighted by atomic mass is 9.79. The van der Waals surface area contributed by atoms with Crippen LogP contribution in [0.15, 0.2) is 4.99 Å². The summed E-state index contributed by atoms with van der Waals surface area (Å²) in [5.74, 6) is 2.08. The summed E-state index contributed by atoms with van der Waals surface area (Å²) in [6.07, 6.45) is 15.4. The fourth-order valence-corrected chi connectivity index (χ4v) is 4.10. The standard InChI is InChI=1S/C16H27NO/c1-14-8-7-10-16(12-15(14)16)9-5-3-2-4-6-11-17-13-18/h14-15H,2-12H2,1H3. The molecular weight excluding hydrogens is 222 g/mol. The zero-order valence-corrected chi connectivity index (χ0v) is 11.8. The van der Waals surface area contributed by atoms with Crippen LogP contribution in [-0.4, -0.2) is 12.6 Å². The molecule has 0 heterocycles. The van der Waals surface area contributed by atoms with Gasteiger partial charge in [0.25, 0.3) is 0 Å². The van der Waals surface area contributed by atoms with Crippen molar-refractivity contribution < 1.29 is 4.79 Å². The molecule has 0 aliphatic heterocycles. The van der Waals surface area contributed by atoms with Crippen molar-refractivity contribution in [3.8, 4) is 0 Å². The fourth-order valence-electron chi connectivity index (χ4n) is 4.10. The molecule has 2 nitrogen and oxygen atoms in total. The normalized spacial score (nSPS) is 33.6.